The highest BCUT2D eigenvalue weighted by molar-refractivity contribution is 6.30. The minimum atomic E-state index is 0.583. The van der Waals surface area contributed by atoms with Gasteiger partial charge < -0.3 is 15.1 Å². The molecule has 0 aromatic heterocycles. The van der Waals surface area contributed by atoms with Gasteiger partial charge in [-0.15, -0.1) is 0 Å². The van der Waals surface area contributed by atoms with Crippen LogP contribution < -0.4 is 10.2 Å². The van der Waals surface area contributed by atoms with Crippen LogP contribution in [0.5, 0.6) is 0 Å². The second kappa shape index (κ2) is 7.30. The van der Waals surface area contributed by atoms with Crippen molar-refractivity contribution in [2.24, 2.45) is 0 Å². The lowest BCUT2D eigenvalue weighted by molar-refractivity contribution is 0.234. The van der Waals surface area contributed by atoms with Gasteiger partial charge in [-0.1, -0.05) is 24.6 Å². The van der Waals surface area contributed by atoms with Crippen LogP contribution in [0, 0.1) is 0 Å². The lowest BCUT2D eigenvalue weighted by atomic mass is 10.1. The van der Waals surface area contributed by atoms with Crippen molar-refractivity contribution in [3.05, 3.63) is 28.8 Å². The molecule has 1 aliphatic heterocycles. The fourth-order valence-corrected chi connectivity index (χ4v) is 2.81. The Bertz CT molecular complexity index is 436. The average molecular weight is 296 g/mol. The number of likely N-dealkylation sites (N-methyl/N-ethyl adjacent to an activating group) is 1. The third kappa shape index (κ3) is 3.87. The molecule has 2 rings (SSSR count). The van der Waals surface area contributed by atoms with Gasteiger partial charge in [-0.25, -0.2) is 0 Å². The summed E-state index contributed by atoms with van der Waals surface area (Å²) in [5, 5.41) is 4.31. The summed E-state index contributed by atoms with van der Waals surface area (Å²) in [6.07, 6.45) is 1.16. The van der Waals surface area contributed by atoms with Gasteiger partial charge in [0, 0.05) is 42.9 Å². The van der Waals surface area contributed by atoms with Crippen molar-refractivity contribution >= 4 is 17.3 Å². The summed E-state index contributed by atoms with van der Waals surface area (Å²) in [4.78, 5) is 4.88. The fourth-order valence-electron chi connectivity index (χ4n) is 2.65. The zero-order chi connectivity index (χ0) is 14.5. The van der Waals surface area contributed by atoms with Crippen molar-refractivity contribution in [2.45, 2.75) is 32.9 Å². The molecule has 0 saturated carbocycles. The Hall–Kier alpha value is -0.770. The van der Waals surface area contributed by atoms with E-state index in [0.29, 0.717) is 6.04 Å². The topological polar surface area (TPSA) is 18.5 Å². The summed E-state index contributed by atoms with van der Waals surface area (Å²) in [5.74, 6) is 0. The highest BCUT2D eigenvalue weighted by Crippen LogP contribution is 2.27. The molecular formula is C16H26ClN3. The first-order valence-corrected chi connectivity index (χ1v) is 7.94. The molecule has 1 atom stereocenters. The SMILES string of the molecule is CCCNCc1ccc(Cl)cc1N1CCN(C)C(C)C1. The lowest BCUT2D eigenvalue weighted by Crippen LogP contribution is -2.50. The van der Waals surface area contributed by atoms with E-state index in [1.54, 1.807) is 0 Å². The summed E-state index contributed by atoms with van der Waals surface area (Å²) in [6, 6.07) is 6.85. The Morgan fingerprint density at radius 3 is 2.85 bits per heavy atom. The van der Waals surface area contributed by atoms with Crippen LogP contribution in [0.3, 0.4) is 0 Å². The van der Waals surface area contributed by atoms with Crippen LogP contribution in [0.15, 0.2) is 18.2 Å². The van der Waals surface area contributed by atoms with Gasteiger partial charge >= 0.3 is 0 Å². The molecule has 1 aromatic carbocycles. The van der Waals surface area contributed by atoms with Crippen molar-refractivity contribution in [1.29, 1.82) is 0 Å². The third-order valence-electron chi connectivity index (χ3n) is 4.09. The van der Waals surface area contributed by atoms with Crippen molar-refractivity contribution in [1.82, 2.24) is 10.2 Å². The van der Waals surface area contributed by atoms with Crippen LogP contribution in [0.2, 0.25) is 5.02 Å². The number of benzene rings is 1. The highest BCUT2D eigenvalue weighted by atomic mass is 35.5. The van der Waals surface area contributed by atoms with Gasteiger partial charge in [0.2, 0.25) is 0 Å². The second-order valence-electron chi connectivity index (χ2n) is 5.73. The highest BCUT2D eigenvalue weighted by Gasteiger charge is 2.22. The number of rotatable bonds is 5. The van der Waals surface area contributed by atoms with Gasteiger partial charge in [-0.3, -0.25) is 0 Å². The fraction of sp³-hybridized carbons (Fsp3) is 0.625. The first-order valence-electron chi connectivity index (χ1n) is 7.56. The summed E-state index contributed by atoms with van der Waals surface area (Å²) >= 11 is 6.20. The van der Waals surface area contributed by atoms with Crippen molar-refractivity contribution in [3.63, 3.8) is 0 Å². The largest absolute Gasteiger partial charge is 0.368 e. The van der Waals surface area contributed by atoms with Crippen LogP contribution in [0.25, 0.3) is 0 Å². The van der Waals surface area contributed by atoms with E-state index in [9.17, 15) is 0 Å². The van der Waals surface area contributed by atoms with Gasteiger partial charge in [0.15, 0.2) is 0 Å². The molecular weight excluding hydrogens is 270 g/mol. The zero-order valence-electron chi connectivity index (χ0n) is 12.8. The number of nitrogens with zero attached hydrogens (tertiary/aromatic N) is 2. The van der Waals surface area contributed by atoms with Crippen molar-refractivity contribution in [3.8, 4) is 0 Å². The van der Waals surface area contributed by atoms with Crippen molar-refractivity contribution in [2.75, 3.05) is 38.1 Å². The van der Waals surface area contributed by atoms with Gasteiger partial charge in [0.05, 0.1) is 0 Å². The summed E-state index contributed by atoms with van der Waals surface area (Å²) in [7, 11) is 2.20. The third-order valence-corrected chi connectivity index (χ3v) is 4.33. The molecule has 112 valence electrons. The standard InChI is InChI=1S/C16H26ClN3/c1-4-7-18-11-14-5-6-15(17)10-16(14)20-9-8-19(3)13(2)12-20/h5-6,10,13,18H,4,7-9,11-12H2,1-3H3. The molecule has 0 aliphatic carbocycles. The Balaban J connectivity index is 2.14. The van der Waals surface area contributed by atoms with E-state index < -0.39 is 0 Å². The van der Waals surface area contributed by atoms with Crippen LogP contribution in [0.4, 0.5) is 5.69 Å². The number of nitrogens with one attached hydrogen (secondary N) is 1. The van der Waals surface area contributed by atoms with E-state index in [4.69, 9.17) is 11.6 Å². The van der Waals surface area contributed by atoms with Crippen LogP contribution in [0.1, 0.15) is 25.8 Å². The molecule has 1 aromatic rings. The molecule has 20 heavy (non-hydrogen) atoms. The molecule has 0 spiro atoms. The predicted octanol–water partition coefficient (Wildman–Crippen LogP) is 2.98. The molecule has 3 nitrogen and oxygen atoms in total. The summed E-state index contributed by atoms with van der Waals surface area (Å²) < 4.78 is 0. The molecule has 1 unspecified atom stereocenters. The van der Waals surface area contributed by atoms with E-state index in [0.717, 1.165) is 44.2 Å². The molecule has 0 bridgehead atoms. The summed E-state index contributed by atoms with van der Waals surface area (Å²) in [6.45, 7) is 9.70. The summed E-state index contributed by atoms with van der Waals surface area (Å²) in [5.41, 5.74) is 2.64. The second-order valence-corrected chi connectivity index (χ2v) is 6.16. The average Bonchev–Trinajstić information content (AvgIpc) is 2.44. The van der Waals surface area contributed by atoms with Crippen LogP contribution in [-0.2, 0) is 6.54 Å². The smallest absolute Gasteiger partial charge is 0.0427 e. The number of halogens is 1. The molecule has 1 N–H and O–H groups in total. The quantitative estimate of drug-likeness (QED) is 0.843. The van der Waals surface area contributed by atoms with Crippen molar-refractivity contribution < 1.29 is 0 Å². The van der Waals surface area contributed by atoms with E-state index in [1.807, 2.05) is 6.07 Å². The lowest BCUT2D eigenvalue weighted by Gasteiger charge is -2.39. The van der Waals surface area contributed by atoms with E-state index >= 15 is 0 Å². The number of hydrogen-bond acceptors (Lipinski definition) is 3. The first-order chi connectivity index (χ1) is 9.61. The predicted molar refractivity (Wildman–Crippen MR) is 87.8 cm³/mol. The maximum absolute atomic E-state index is 6.20. The monoisotopic (exact) mass is 295 g/mol. The Kier molecular flexibility index (Phi) is 5.70. The minimum absolute atomic E-state index is 0.583. The van der Waals surface area contributed by atoms with Crippen LogP contribution in [-0.4, -0.2) is 44.2 Å². The van der Waals surface area contributed by atoms with Gasteiger partial charge in [0.25, 0.3) is 0 Å². The molecule has 0 radical (unpaired) electrons. The molecule has 1 fully saturated rings. The van der Waals surface area contributed by atoms with E-state index in [-0.39, 0.29) is 0 Å². The van der Waals surface area contributed by atoms with Gasteiger partial charge in [-0.2, -0.15) is 0 Å². The number of hydrogen-bond donors (Lipinski definition) is 1. The van der Waals surface area contributed by atoms with Gasteiger partial charge in [0.1, 0.15) is 0 Å². The molecule has 1 saturated heterocycles. The molecule has 1 aliphatic rings. The molecule has 4 heteroatoms. The Labute approximate surface area is 127 Å². The normalized spacial score (nSPS) is 20.4. The maximum atomic E-state index is 6.20. The van der Waals surface area contributed by atoms with Gasteiger partial charge in [-0.05, 0) is 44.6 Å². The first kappa shape index (κ1) is 15.6. The van der Waals surface area contributed by atoms with E-state index in [1.165, 1.54) is 11.3 Å². The maximum Gasteiger partial charge on any atom is 0.0427 e. The Morgan fingerprint density at radius 1 is 1.35 bits per heavy atom. The van der Waals surface area contributed by atoms with Crippen LogP contribution >= 0.6 is 11.6 Å². The number of piperazine rings is 1. The molecule has 1 heterocycles. The van der Waals surface area contributed by atoms with E-state index in [2.05, 4.69) is 48.1 Å². The minimum Gasteiger partial charge on any atom is -0.368 e. The Morgan fingerprint density at radius 2 is 2.15 bits per heavy atom. The number of anilines is 1. The molecule has 0 amide bonds. The zero-order valence-corrected chi connectivity index (χ0v) is 13.6.